The largest absolute Gasteiger partial charge is 0.390 e. The molecule has 0 spiro atoms. The van der Waals surface area contributed by atoms with Gasteiger partial charge in [0.15, 0.2) is 21.4 Å². The molecule has 0 unspecified atom stereocenters. The average molecular weight is 1670 g/mol. The van der Waals surface area contributed by atoms with E-state index in [1.165, 1.54) is 137 Å². The third-order valence-corrected chi connectivity index (χ3v) is 35.8. The van der Waals surface area contributed by atoms with E-state index < -0.39 is 32.6 Å². The molecule has 4 aromatic rings. The van der Waals surface area contributed by atoms with Crippen LogP contribution in [0.3, 0.4) is 0 Å². The number of hydrogen-bond donors (Lipinski definition) is 5. The minimum atomic E-state index is -3.31. The van der Waals surface area contributed by atoms with Gasteiger partial charge in [-0.25, -0.2) is 13.2 Å². The van der Waals surface area contributed by atoms with Crippen molar-refractivity contribution < 1.29 is 53.1 Å². The maximum atomic E-state index is 13.4. The first-order valence-corrected chi connectivity index (χ1v) is 46.5. The van der Waals surface area contributed by atoms with E-state index in [1.807, 2.05) is 56.6 Å². The number of aromatic amines is 1. The number of aliphatic hydroxyl groups is 3. The summed E-state index contributed by atoms with van der Waals surface area (Å²) in [6.07, 6.45) is 46.5. The molecule has 5 N–H and O–H groups in total. The smallest absolute Gasteiger partial charge is 0.372 e. The number of ketones is 3. The molecule has 1 aromatic carbocycles. The molecule has 0 saturated heterocycles. The van der Waals surface area contributed by atoms with Crippen molar-refractivity contribution in [3.63, 3.8) is 0 Å². The van der Waals surface area contributed by atoms with Crippen LogP contribution < -0.4 is 0 Å². The second kappa shape index (κ2) is 35.0. The number of Topliss-reactive ketones (excluding diaryl/α,β-unsaturated/α-hetero) is 3. The van der Waals surface area contributed by atoms with E-state index in [0.29, 0.717) is 86.1 Å². The highest BCUT2D eigenvalue weighted by atomic mass is 79.9. The Morgan fingerprint density at radius 2 is 0.918 bits per heavy atom. The van der Waals surface area contributed by atoms with Crippen molar-refractivity contribution in [2.45, 2.75) is 303 Å². The molecular weight excluding hydrogens is 1530 g/mol. The number of nitrogens with one attached hydrogen (secondary N) is 1. The van der Waals surface area contributed by atoms with Gasteiger partial charge < -0.3 is 15.3 Å². The Labute approximate surface area is 682 Å². The zero-order valence-corrected chi connectivity index (χ0v) is 70.8. The lowest BCUT2D eigenvalue weighted by Gasteiger charge is -2.61. The first-order chi connectivity index (χ1) is 50.4. The normalized spacial score (nSPS) is 40.8. The topological polar surface area (TPSA) is 257 Å². The zero-order chi connectivity index (χ0) is 77.2. The molecule has 0 aliphatic heterocycles. The fourth-order valence-corrected chi connectivity index (χ4v) is 28.5. The Morgan fingerprint density at radius 3 is 1.25 bits per heavy atom. The number of sulfone groups is 1. The van der Waals surface area contributed by atoms with E-state index in [2.05, 4.69) is 82.8 Å². The molecule has 12 fully saturated rings. The number of benzene rings is 1. The predicted octanol–water partition coefficient (Wildman–Crippen LogP) is 20.2. The van der Waals surface area contributed by atoms with E-state index in [0.717, 1.165) is 112 Å². The second-order valence-corrected chi connectivity index (χ2v) is 43.2. The first kappa shape index (κ1) is 90.5. The van der Waals surface area contributed by atoms with Crippen LogP contribution in [0, 0.1) is 121 Å². The van der Waals surface area contributed by atoms with E-state index in [9.17, 15) is 42.9 Å². The SMILES string of the molecule is C.C.C.CSc1cn[nH]c1.CSc1cnn(CC(=O)[C@H]2CC[C@H]3[C@@H]4CC[C@@H]5C[C@](C)(O)CC[C@]5(C)[C@H]4CC[C@]23C)c1.C[C@@]1(O)CC[C@@]2(C)[C@H](CC[C@@H]3[C@@H]2CC[C@]2(C)[C@@H](C(=O)CBr)CC[C@@H]32)C1.C[C@@]1(O)CC[C@@]2(C)[C@H](CC[C@@H]3[C@@H]2CC[C@]2(C)[C@@H](C(=O)Cn4cc(S(C)(=O)=O)cn4)CC[C@@H]32)C1.O=C(OO)c1cccc(Cl)c1. The first-order valence-electron chi connectivity index (χ1n) is 40.6. The van der Waals surface area contributed by atoms with Gasteiger partial charge in [-0.2, -0.15) is 20.6 Å². The molecule has 22 heteroatoms. The van der Waals surface area contributed by atoms with E-state index >= 15 is 0 Å². The van der Waals surface area contributed by atoms with Crippen molar-refractivity contribution in [1.82, 2.24) is 29.8 Å². The van der Waals surface area contributed by atoms with Gasteiger partial charge in [0, 0.05) is 57.4 Å². The summed E-state index contributed by atoms with van der Waals surface area (Å²) in [7, 11) is -3.31. The number of carbonyl (C=O) groups excluding carboxylic acids is 4. The molecule has 3 heterocycles. The molecule has 0 bridgehead atoms. The monoisotopic (exact) mass is 1660 g/mol. The van der Waals surface area contributed by atoms with Crippen molar-refractivity contribution in [2.24, 2.45) is 121 Å². The summed E-state index contributed by atoms with van der Waals surface area (Å²) in [6.45, 7) is 21.5. The molecule has 0 amide bonds. The third kappa shape index (κ3) is 18.0. The maximum Gasteiger partial charge on any atom is 0.372 e. The maximum absolute atomic E-state index is 13.4. The summed E-state index contributed by atoms with van der Waals surface area (Å²) in [6, 6.07) is 6.11. The third-order valence-electron chi connectivity index (χ3n) is 32.5. The molecule has 12 aliphatic rings. The lowest BCUT2D eigenvalue weighted by Crippen LogP contribution is -2.55. The van der Waals surface area contributed by atoms with Gasteiger partial charge in [-0.15, -0.1) is 23.5 Å². The number of nitrogens with zero attached hydrogens (tertiary/aromatic N) is 5. The van der Waals surface area contributed by atoms with Crippen LogP contribution in [0.4, 0.5) is 0 Å². The molecule has 0 radical (unpaired) electrons. The Kier molecular flexibility index (Phi) is 28.8. The number of rotatable bonds is 12. The second-order valence-electron chi connectivity index (χ2n) is 38.4. The number of carbonyl (C=O) groups is 4. The van der Waals surface area contributed by atoms with Gasteiger partial charge in [0.05, 0.1) is 59.4 Å². The van der Waals surface area contributed by atoms with Gasteiger partial charge in [-0.05, 0) is 328 Å². The molecule has 3 aromatic heterocycles. The molecule has 12 aliphatic carbocycles. The van der Waals surface area contributed by atoms with Crippen LogP contribution in [0.15, 0.2) is 76.1 Å². The number of hydrogen-bond acceptors (Lipinski definition) is 16. The number of halogens is 2. The van der Waals surface area contributed by atoms with Gasteiger partial charge in [-0.3, -0.25) is 33.7 Å². The minimum Gasteiger partial charge on any atom is -0.390 e. The highest BCUT2D eigenvalue weighted by Crippen LogP contribution is 2.72. The van der Waals surface area contributed by atoms with E-state index in [4.69, 9.17) is 16.9 Å². The van der Waals surface area contributed by atoms with Gasteiger partial charge in [0.1, 0.15) is 10.7 Å². The minimum absolute atomic E-state index is 0. The Bertz CT molecular complexity index is 3920. The van der Waals surface area contributed by atoms with Gasteiger partial charge in [0.2, 0.25) is 0 Å². The average Bonchev–Trinajstić information content (AvgIpc) is 1.36. The molecular formula is C88H138BrClN6O11S3. The van der Waals surface area contributed by atoms with E-state index in [-0.39, 0.29) is 79.1 Å². The van der Waals surface area contributed by atoms with Gasteiger partial charge in [0.25, 0.3) is 0 Å². The van der Waals surface area contributed by atoms with Crippen LogP contribution >= 0.6 is 51.1 Å². The van der Waals surface area contributed by atoms with Crippen molar-refractivity contribution in [1.29, 1.82) is 0 Å². The van der Waals surface area contributed by atoms with Crippen LogP contribution in [0.25, 0.3) is 0 Å². The Morgan fingerprint density at radius 1 is 0.527 bits per heavy atom. The molecule has 16 rings (SSSR count). The molecule has 110 heavy (non-hydrogen) atoms. The van der Waals surface area contributed by atoms with Crippen LogP contribution in [-0.4, -0.2) is 123 Å². The lowest BCUT2D eigenvalue weighted by molar-refractivity contribution is -0.182. The van der Waals surface area contributed by atoms with Crippen LogP contribution in [0.2, 0.25) is 5.02 Å². The highest BCUT2D eigenvalue weighted by Gasteiger charge is 2.66. The number of aromatic nitrogens is 6. The van der Waals surface area contributed by atoms with Crippen molar-refractivity contribution in [3.8, 4) is 0 Å². The van der Waals surface area contributed by atoms with Crippen molar-refractivity contribution in [2.75, 3.05) is 24.1 Å². The summed E-state index contributed by atoms with van der Waals surface area (Å²) >= 11 is 12.3. The van der Waals surface area contributed by atoms with Crippen molar-refractivity contribution in [3.05, 3.63) is 72.0 Å². The molecule has 618 valence electrons. The molecule has 24 atom stereocenters. The van der Waals surface area contributed by atoms with E-state index in [1.54, 1.807) is 41.9 Å². The zero-order valence-electron chi connectivity index (χ0n) is 66.0. The molecule has 12 saturated carbocycles. The predicted molar refractivity (Wildman–Crippen MR) is 446 cm³/mol. The molecule has 17 nitrogen and oxygen atoms in total. The quantitative estimate of drug-likeness (QED) is 0.0382. The summed E-state index contributed by atoms with van der Waals surface area (Å²) in [5.41, 5.74) is 0.387. The lowest BCUT2D eigenvalue weighted by atomic mass is 9.44. The summed E-state index contributed by atoms with van der Waals surface area (Å²) in [5, 5.41) is 56.0. The Hall–Kier alpha value is -3.41. The number of alkyl halides is 1. The number of thioether (sulfide) groups is 2. The van der Waals surface area contributed by atoms with Crippen molar-refractivity contribution >= 4 is 84.2 Å². The van der Waals surface area contributed by atoms with Gasteiger partial charge >= 0.3 is 5.97 Å². The van der Waals surface area contributed by atoms with Gasteiger partial charge in [-0.1, -0.05) is 97.4 Å². The fourth-order valence-electron chi connectivity index (χ4n) is 26.7. The standard InChI is InChI=1S/C26H40N2O4S.C26H40N2O2S.C22H35BrO2.C7H5ClO3.C4H6N2S.3CH4/c1-24(30)11-12-25(2)17(13-24)5-6-19-20-7-8-22(26(20,3)10-9-21(19)25)23(29)16-28-15-18(14-27-28)33(4,31)32;1-24(30)11-12-25(2)17(13-24)5-6-19-20-7-8-22(26(20,3)10-9-21(19)25)23(29)16-28-15-18(31-4)14-27-28;1-20(25)10-11-21(2)14(12-20)4-5-15-16-6-7-18(19(24)13-23)22(16,3)9-8-17(15)21;8-6-3-1-2-5(4-6)7(9)11-10;1-7-4-2-5-6-3-4;;;/h14-15,17,19-22,30H,5-13,16H2,1-4H3;14-15,17,19-22,30H,5-13,16H2,1-4H3;14-18,25H,4-13H2,1-3H3;1-4,10H;2-3H,1H3,(H,5,6);3*1H4/t2*17-,19+,20+,21+,22-,24-,25+,26+;14-,15+,16+,17+,18-,20-,21+,22+;;;;;/m111...../s1. The summed E-state index contributed by atoms with van der Waals surface area (Å²) in [4.78, 5) is 55.9. The fraction of sp³-hybridized carbons (Fsp3) is 0.784. The number of H-pyrrole nitrogens is 1. The summed E-state index contributed by atoms with van der Waals surface area (Å²) < 4.78 is 26.9. The summed E-state index contributed by atoms with van der Waals surface area (Å²) in [5.74, 6) is 9.36. The van der Waals surface area contributed by atoms with Crippen LogP contribution in [-0.2, 0) is 42.2 Å². The Balaban J connectivity index is 0.000000169. The number of fused-ring (bicyclic) bond motifs is 15. The van der Waals surface area contributed by atoms with Crippen LogP contribution in [0.1, 0.15) is 268 Å². The van der Waals surface area contributed by atoms with Crippen LogP contribution in [0.5, 0.6) is 0 Å². The highest BCUT2D eigenvalue weighted by molar-refractivity contribution is 9.09.